The Morgan fingerprint density at radius 1 is 1.10 bits per heavy atom. The average Bonchev–Trinajstić information content (AvgIpc) is 2.49. The Morgan fingerprint density at radius 3 is 2.52 bits per heavy atom. The van der Waals surface area contributed by atoms with Gasteiger partial charge in [-0.3, -0.25) is 0 Å². The first-order valence-corrected chi connectivity index (χ1v) is 6.50. The predicted octanol–water partition coefficient (Wildman–Crippen LogP) is 3.62. The van der Waals surface area contributed by atoms with Crippen LogP contribution >= 0.6 is 0 Å². The van der Waals surface area contributed by atoms with Crippen molar-refractivity contribution in [2.75, 3.05) is 14.2 Å². The maximum Gasteiger partial charge on any atom is 0.165 e. The van der Waals surface area contributed by atoms with Gasteiger partial charge in [0, 0.05) is 6.04 Å². The minimum Gasteiger partial charge on any atom is -0.494 e. The van der Waals surface area contributed by atoms with E-state index in [1.165, 1.54) is 25.3 Å². The zero-order valence-electron chi connectivity index (χ0n) is 11.8. The lowest BCUT2D eigenvalue weighted by atomic mass is 9.98. The van der Waals surface area contributed by atoms with Crippen molar-refractivity contribution in [3.63, 3.8) is 0 Å². The van der Waals surface area contributed by atoms with Crippen LogP contribution in [-0.4, -0.2) is 14.2 Å². The van der Waals surface area contributed by atoms with E-state index in [1.54, 1.807) is 19.2 Å². The number of nitrogens with one attached hydrogen (secondary N) is 1. The van der Waals surface area contributed by atoms with E-state index < -0.39 is 17.5 Å². The molecule has 0 aromatic heterocycles. The molecule has 0 saturated heterocycles. The second kappa shape index (κ2) is 6.63. The average molecular weight is 295 g/mol. The van der Waals surface area contributed by atoms with E-state index in [0.717, 1.165) is 11.6 Å². The standard InChI is InChI=1S/C16H16F3NO/c1-20-14(8-11-4-3-5-13(18)16(11)19)10-6-7-12(17)15(9-10)21-2/h3-7,9,14,20H,8H2,1-2H3. The minimum absolute atomic E-state index is 0.118. The Balaban J connectivity index is 2.30. The molecule has 5 heteroatoms. The lowest BCUT2D eigenvalue weighted by Crippen LogP contribution is -2.19. The number of likely N-dealkylation sites (N-methyl/N-ethyl adjacent to an activating group) is 1. The molecular weight excluding hydrogens is 279 g/mol. The number of hydrogen-bond acceptors (Lipinski definition) is 2. The largest absolute Gasteiger partial charge is 0.494 e. The fraction of sp³-hybridized carbons (Fsp3) is 0.250. The van der Waals surface area contributed by atoms with Crippen LogP contribution in [0.5, 0.6) is 5.75 Å². The highest BCUT2D eigenvalue weighted by Crippen LogP contribution is 2.26. The molecule has 112 valence electrons. The van der Waals surface area contributed by atoms with Crippen LogP contribution < -0.4 is 10.1 Å². The first kappa shape index (κ1) is 15.4. The summed E-state index contributed by atoms with van der Waals surface area (Å²) in [5.74, 6) is -2.08. The highest BCUT2D eigenvalue weighted by Gasteiger charge is 2.16. The van der Waals surface area contributed by atoms with Crippen LogP contribution in [0.15, 0.2) is 36.4 Å². The summed E-state index contributed by atoms with van der Waals surface area (Å²) in [5.41, 5.74) is 0.997. The summed E-state index contributed by atoms with van der Waals surface area (Å²) in [6.07, 6.45) is 0.245. The van der Waals surface area contributed by atoms with E-state index in [9.17, 15) is 13.2 Å². The molecule has 1 unspecified atom stereocenters. The van der Waals surface area contributed by atoms with Crippen molar-refractivity contribution >= 4 is 0 Å². The van der Waals surface area contributed by atoms with Crippen LogP contribution in [-0.2, 0) is 6.42 Å². The SMILES string of the molecule is CNC(Cc1cccc(F)c1F)c1ccc(F)c(OC)c1. The Hall–Kier alpha value is -2.01. The third kappa shape index (κ3) is 3.36. The predicted molar refractivity (Wildman–Crippen MR) is 74.8 cm³/mol. The first-order chi connectivity index (χ1) is 10.1. The summed E-state index contributed by atoms with van der Waals surface area (Å²) in [5, 5.41) is 3.02. The van der Waals surface area contributed by atoms with E-state index in [1.807, 2.05) is 0 Å². The Kier molecular flexibility index (Phi) is 4.85. The summed E-state index contributed by atoms with van der Waals surface area (Å²) in [6, 6.07) is 8.23. The van der Waals surface area contributed by atoms with Crippen molar-refractivity contribution < 1.29 is 17.9 Å². The first-order valence-electron chi connectivity index (χ1n) is 6.50. The number of ether oxygens (including phenoxy) is 1. The van der Waals surface area contributed by atoms with Gasteiger partial charge in [0.25, 0.3) is 0 Å². The molecule has 2 rings (SSSR count). The van der Waals surface area contributed by atoms with Gasteiger partial charge in [-0.1, -0.05) is 18.2 Å². The highest BCUT2D eigenvalue weighted by atomic mass is 19.2. The third-order valence-electron chi connectivity index (χ3n) is 3.38. The van der Waals surface area contributed by atoms with Crippen LogP contribution in [0, 0.1) is 17.5 Å². The van der Waals surface area contributed by atoms with Gasteiger partial charge < -0.3 is 10.1 Å². The molecule has 0 amide bonds. The monoisotopic (exact) mass is 295 g/mol. The molecule has 0 spiro atoms. The maximum absolute atomic E-state index is 13.7. The molecule has 0 fully saturated rings. The van der Waals surface area contributed by atoms with Crippen molar-refractivity contribution in [2.24, 2.45) is 0 Å². The summed E-state index contributed by atoms with van der Waals surface area (Å²) < 4.78 is 45.3. The topological polar surface area (TPSA) is 21.3 Å². The molecule has 0 saturated carbocycles. The van der Waals surface area contributed by atoms with Crippen molar-refractivity contribution in [3.05, 3.63) is 65.0 Å². The minimum atomic E-state index is -0.876. The van der Waals surface area contributed by atoms with E-state index in [4.69, 9.17) is 4.74 Å². The Bertz CT molecular complexity index is 631. The van der Waals surface area contributed by atoms with Gasteiger partial charge in [0.1, 0.15) is 0 Å². The maximum atomic E-state index is 13.7. The van der Waals surface area contributed by atoms with E-state index in [2.05, 4.69) is 5.32 Å². The smallest absolute Gasteiger partial charge is 0.165 e. The van der Waals surface area contributed by atoms with Gasteiger partial charge in [-0.05, 0) is 42.8 Å². The normalized spacial score (nSPS) is 12.2. The summed E-state index contributed by atoms with van der Waals surface area (Å²) in [6.45, 7) is 0. The third-order valence-corrected chi connectivity index (χ3v) is 3.38. The molecular formula is C16H16F3NO. The van der Waals surface area contributed by atoms with Crippen molar-refractivity contribution in [3.8, 4) is 5.75 Å². The molecule has 21 heavy (non-hydrogen) atoms. The molecule has 2 aromatic carbocycles. The molecule has 2 nitrogen and oxygen atoms in total. The van der Waals surface area contributed by atoms with Crippen LogP contribution in [0.25, 0.3) is 0 Å². The summed E-state index contributed by atoms with van der Waals surface area (Å²) >= 11 is 0. The Labute approximate surface area is 121 Å². The Morgan fingerprint density at radius 2 is 1.86 bits per heavy atom. The molecule has 1 atom stereocenters. The molecule has 0 bridgehead atoms. The number of hydrogen-bond donors (Lipinski definition) is 1. The van der Waals surface area contributed by atoms with Gasteiger partial charge in [0.2, 0.25) is 0 Å². The van der Waals surface area contributed by atoms with Crippen LogP contribution in [0.4, 0.5) is 13.2 Å². The summed E-state index contributed by atoms with van der Waals surface area (Å²) in [7, 11) is 3.08. The van der Waals surface area contributed by atoms with E-state index in [0.29, 0.717) is 0 Å². The van der Waals surface area contributed by atoms with Gasteiger partial charge in [-0.25, -0.2) is 13.2 Å². The van der Waals surface area contributed by atoms with Gasteiger partial charge in [-0.15, -0.1) is 0 Å². The van der Waals surface area contributed by atoms with E-state index >= 15 is 0 Å². The fourth-order valence-corrected chi connectivity index (χ4v) is 2.21. The second-order valence-electron chi connectivity index (χ2n) is 4.65. The lowest BCUT2D eigenvalue weighted by molar-refractivity contribution is 0.385. The van der Waals surface area contributed by atoms with Crippen molar-refractivity contribution in [2.45, 2.75) is 12.5 Å². The number of benzene rings is 2. The molecule has 0 radical (unpaired) electrons. The highest BCUT2D eigenvalue weighted by molar-refractivity contribution is 5.33. The van der Waals surface area contributed by atoms with E-state index in [-0.39, 0.29) is 23.8 Å². The molecule has 1 N–H and O–H groups in total. The van der Waals surface area contributed by atoms with Crippen molar-refractivity contribution in [1.82, 2.24) is 5.32 Å². The molecule has 0 aliphatic carbocycles. The molecule has 0 aliphatic heterocycles. The van der Waals surface area contributed by atoms with Gasteiger partial charge in [0.05, 0.1) is 7.11 Å². The van der Waals surface area contributed by atoms with Crippen LogP contribution in [0.1, 0.15) is 17.2 Å². The quantitative estimate of drug-likeness (QED) is 0.909. The van der Waals surface area contributed by atoms with Crippen molar-refractivity contribution in [1.29, 1.82) is 0 Å². The van der Waals surface area contributed by atoms with Gasteiger partial charge >= 0.3 is 0 Å². The molecule has 0 aliphatic rings. The van der Waals surface area contributed by atoms with Gasteiger partial charge in [-0.2, -0.15) is 0 Å². The van der Waals surface area contributed by atoms with Crippen LogP contribution in [0.3, 0.4) is 0 Å². The lowest BCUT2D eigenvalue weighted by Gasteiger charge is -2.18. The molecule has 0 heterocycles. The number of methoxy groups -OCH3 is 1. The summed E-state index contributed by atoms with van der Waals surface area (Å²) in [4.78, 5) is 0. The fourth-order valence-electron chi connectivity index (χ4n) is 2.21. The second-order valence-corrected chi connectivity index (χ2v) is 4.65. The van der Waals surface area contributed by atoms with Crippen LogP contribution in [0.2, 0.25) is 0 Å². The zero-order valence-corrected chi connectivity index (χ0v) is 11.8. The zero-order chi connectivity index (χ0) is 15.4. The number of halogens is 3. The molecule has 2 aromatic rings. The van der Waals surface area contributed by atoms with Gasteiger partial charge in [0.15, 0.2) is 23.2 Å². The number of rotatable bonds is 5.